The number of β-amino-alcohol motifs (C(OH)–C–C–N with tert-alkyl or cyclic N) is 1. The van der Waals surface area contributed by atoms with E-state index in [1.165, 1.54) is 0 Å². The number of hydrogen-bond acceptors (Lipinski definition) is 4. The summed E-state index contributed by atoms with van der Waals surface area (Å²) in [6.07, 6.45) is 5.29. The smallest absolute Gasteiger partial charge is 0.237 e. The van der Waals surface area contributed by atoms with E-state index < -0.39 is 11.6 Å². The Morgan fingerprint density at radius 3 is 3.18 bits per heavy atom. The van der Waals surface area contributed by atoms with Crippen LogP contribution in [0.1, 0.15) is 25.7 Å². The van der Waals surface area contributed by atoms with Gasteiger partial charge in [0.1, 0.15) is 5.54 Å². The van der Waals surface area contributed by atoms with Crippen LogP contribution in [0.25, 0.3) is 0 Å². The van der Waals surface area contributed by atoms with Crippen molar-refractivity contribution in [3.8, 4) is 0 Å². The van der Waals surface area contributed by atoms with E-state index in [-0.39, 0.29) is 5.91 Å². The molecule has 5 nitrogen and oxygen atoms in total. The summed E-state index contributed by atoms with van der Waals surface area (Å²) in [5.41, 5.74) is 5.05. The first kappa shape index (κ1) is 12.8. The number of nitrogens with zero attached hydrogens (tertiary/aromatic N) is 1. The second-order valence-electron chi connectivity index (χ2n) is 5.18. The summed E-state index contributed by atoms with van der Waals surface area (Å²) in [5, 5.41) is 12.8. The minimum absolute atomic E-state index is 0.243. The number of aliphatic hydroxyl groups excluding tert-OH is 1. The van der Waals surface area contributed by atoms with E-state index in [2.05, 4.69) is 16.6 Å². The number of piperidine rings is 1. The Hall–Kier alpha value is -0.650. The number of fused-ring (bicyclic) bond motifs is 2. The van der Waals surface area contributed by atoms with Crippen molar-refractivity contribution in [3.63, 3.8) is 0 Å². The normalized spacial score (nSPS) is 34.8. The topological polar surface area (TPSA) is 78.6 Å². The molecular formula is C12H22N3O2. The number of rotatable bonds is 5. The Morgan fingerprint density at radius 1 is 1.76 bits per heavy atom. The lowest BCUT2D eigenvalue weighted by Gasteiger charge is -2.43. The summed E-state index contributed by atoms with van der Waals surface area (Å²) in [5.74, 6) is -0.243. The fourth-order valence-electron chi connectivity index (χ4n) is 3.25. The molecule has 2 aliphatic rings. The number of nitrogens with one attached hydrogen (secondary N) is 1. The maximum atomic E-state index is 11.7. The Kier molecular flexibility index (Phi) is 3.70. The Labute approximate surface area is 102 Å². The summed E-state index contributed by atoms with van der Waals surface area (Å²) in [6.45, 7) is 1.07. The highest BCUT2D eigenvalue weighted by Gasteiger charge is 2.52. The van der Waals surface area contributed by atoms with Gasteiger partial charge in [0, 0.05) is 19.1 Å². The zero-order chi connectivity index (χ0) is 12.5. The molecule has 0 unspecified atom stereocenters. The SMILES string of the molecule is CNC[C@@H](O)CN1[C@@H]2C[CH]C[C@@]1(C(N)=O)CC2. The van der Waals surface area contributed by atoms with Crippen LogP contribution in [0.2, 0.25) is 0 Å². The fourth-order valence-corrected chi connectivity index (χ4v) is 3.25. The Balaban J connectivity index is 2.10. The lowest BCUT2D eigenvalue weighted by atomic mass is 9.87. The van der Waals surface area contributed by atoms with Crippen molar-refractivity contribution in [3.05, 3.63) is 6.42 Å². The van der Waals surface area contributed by atoms with Gasteiger partial charge in [0.25, 0.3) is 0 Å². The molecule has 2 heterocycles. The summed E-state index contributed by atoms with van der Waals surface area (Å²) in [4.78, 5) is 13.9. The predicted octanol–water partition coefficient (Wildman–Crippen LogP) is -0.747. The van der Waals surface area contributed by atoms with Crippen LogP contribution >= 0.6 is 0 Å². The third-order valence-corrected chi connectivity index (χ3v) is 4.11. The Bertz CT molecular complexity index is 293. The largest absolute Gasteiger partial charge is 0.390 e. The molecule has 2 saturated heterocycles. The van der Waals surface area contributed by atoms with Crippen LogP contribution in [-0.4, -0.2) is 53.7 Å². The van der Waals surface area contributed by atoms with Gasteiger partial charge in [0.05, 0.1) is 6.10 Å². The molecule has 2 rings (SSSR count). The molecule has 2 fully saturated rings. The van der Waals surface area contributed by atoms with E-state index >= 15 is 0 Å². The predicted molar refractivity (Wildman–Crippen MR) is 65.1 cm³/mol. The third-order valence-electron chi connectivity index (χ3n) is 4.11. The van der Waals surface area contributed by atoms with Crippen molar-refractivity contribution in [2.24, 2.45) is 5.73 Å². The molecule has 0 aromatic heterocycles. The van der Waals surface area contributed by atoms with E-state index in [9.17, 15) is 9.90 Å². The van der Waals surface area contributed by atoms with Gasteiger partial charge in [0.15, 0.2) is 0 Å². The first-order valence-corrected chi connectivity index (χ1v) is 6.31. The van der Waals surface area contributed by atoms with E-state index in [4.69, 9.17) is 5.73 Å². The average molecular weight is 240 g/mol. The van der Waals surface area contributed by atoms with Gasteiger partial charge < -0.3 is 16.2 Å². The summed E-state index contributed by atoms with van der Waals surface area (Å²) >= 11 is 0. The molecule has 4 N–H and O–H groups in total. The first-order chi connectivity index (χ1) is 8.10. The van der Waals surface area contributed by atoms with Gasteiger partial charge in [-0.2, -0.15) is 0 Å². The summed E-state index contributed by atoms with van der Waals surface area (Å²) < 4.78 is 0. The molecule has 17 heavy (non-hydrogen) atoms. The van der Waals surface area contributed by atoms with Crippen LogP contribution < -0.4 is 11.1 Å². The lowest BCUT2D eigenvalue weighted by molar-refractivity contribution is -0.131. The molecule has 0 aliphatic carbocycles. The highest BCUT2D eigenvalue weighted by Crippen LogP contribution is 2.43. The van der Waals surface area contributed by atoms with Gasteiger partial charge >= 0.3 is 0 Å². The van der Waals surface area contributed by atoms with Crippen molar-refractivity contribution in [1.29, 1.82) is 0 Å². The van der Waals surface area contributed by atoms with Crippen molar-refractivity contribution in [1.82, 2.24) is 10.2 Å². The van der Waals surface area contributed by atoms with Crippen molar-refractivity contribution in [2.75, 3.05) is 20.1 Å². The summed E-state index contributed by atoms with van der Waals surface area (Å²) in [7, 11) is 1.81. The minimum Gasteiger partial charge on any atom is -0.390 e. The third kappa shape index (κ3) is 2.19. The lowest BCUT2D eigenvalue weighted by Crippen LogP contribution is -2.60. The molecule has 2 bridgehead atoms. The second-order valence-corrected chi connectivity index (χ2v) is 5.18. The Morgan fingerprint density at radius 2 is 2.53 bits per heavy atom. The molecule has 97 valence electrons. The minimum atomic E-state index is -0.530. The van der Waals surface area contributed by atoms with Crippen LogP contribution in [0.3, 0.4) is 0 Å². The standard InChI is InChI=1S/C12H22N3O2/c1-14-7-10(16)8-15-9-3-2-5-12(15,6-4-9)11(13)17/h2,9-10,14,16H,3-8H2,1H3,(H2,13,17)/t9-,10-,12+/m1/s1. The summed E-state index contributed by atoms with van der Waals surface area (Å²) in [6, 6.07) is 0.378. The number of amides is 1. The molecule has 0 aromatic rings. The van der Waals surface area contributed by atoms with Crippen molar-refractivity contribution < 1.29 is 9.90 Å². The molecule has 1 amide bonds. The number of nitrogens with two attached hydrogens (primary N) is 1. The molecule has 3 atom stereocenters. The number of aliphatic hydroxyl groups is 1. The van der Waals surface area contributed by atoms with E-state index in [0.29, 0.717) is 19.1 Å². The van der Waals surface area contributed by atoms with E-state index in [1.807, 2.05) is 7.05 Å². The zero-order valence-corrected chi connectivity index (χ0v) is 10.4. The van der Waals surface area contributed by atoms with Crippen LogP contribution in [0, 0.1) is 6.42 Å². The van der Waals surface area contributed by atoms with Crippen LogP contribution in [0.5, 0.6) is 0 Å². The maximum Gasteiger partial charge on any atom is 0.237 e. The van der Waals surface area contributed by atoms with Crippen molar-refractivity contribution >= 4 is 5.91 Å². The van der Waals surface area contributed by atoms with E-state index in [0.717, 1.165) is 25.7 Å². The second kappa shape index (κ2) is 4.92. The monoisotopic (exact) mass is 240 g/mol. The van der Waals surface area contributed by atoms with Gasteiger partial charge in [0.2, 0.25) is 5.91 Å². The maximum absolute atomic E-state index is 11.7. The number of carbonyl (C=O) groups excluding carboxylic acids is 1. The molecule has 0 saturated carbocycles. The molecule has 1 radical (unpaired) electrons. The van der Waals surface area contributed by atoms with Crippen LogP contribution in [-0.2, 0) is 4.79 Å². The average Bonchev–Trinajstić information content (AvgIpc) is 2.49. The van der Waals surface area contributed by atoms with Gasteiger partial charge in [-0.05, 0) is 39.2 Å². The first-order valence-electron chi connectivity index (χ1n) is 6.31. The molecule has 5 heteroatoms. The van der Waals surface area contributed by atoms with Crippen molar-refractivity contribution in [2.45, 2.75) is 43.4 Å². The van der Waals surface area contributed by atoms with Crippen LogP contribution in [0.4, 0.5) is 0 Å². The van der Waals surface area contributed by atoms with Gasteiger partial charge in [-0.1, -0.05) is 0 Å². The molecule has 0 spiro atoms. The number of carbonyl (C=O) groups is 1. The fraction of sp³-hybridized carbons (Fsp3) is 0.833. The highest BCUT2D eigenvalue weighted by molar-refractivity contribution is 5.85. The molecular weight excluding hydrogens is 218 g/mol. The highest BCUT2D eigenvalue weighted by atomic mass is 16.3. The molecule has 2 aliphatic heterocycles. The van der Waals surface area contributed by atoms with E-state index in [1.54, 1.807) is 0 Å². The van der Waals surface area contributed by atoms with Gasteiger partial charge in [-0.3, -0.25) is 9.69 Å². The molecule has 0 aromatic carbocycles. The zero-order valence-electron chi connectivity index (χ0n) is 10.4. The number of primary amides is 1. The number of hydrogen-bond donors (Lipinski definition) is 3. The van der Waals surface area contributed by atoms with Crippen LogP contribution in [0.15, 0.2) is 0 Å². The van der Waals surface area contributed by atoms with Gasteiger partial charge in [-0.25, -0.2) is 0 Å². The quantitative estimate of drug-likeness (QED) is 0.591. The number of likely N-dealkylation sites (N-methyl/N-ethyl adjacent to an activating group) is 1. The van der Waals surface area contributed by atoms with Gasteiger partial charge in [-0.15, -0.1) is 0 Å².